The third kappa shape index (κ3) is 6.34. The molecule has 0 atom stereocenters. The number of likely N-dealkylation sites (N-methyl/N-ethyl adjacent to an activating group) is 1. The average Bonchev–Trinajstić information content (AvgIpc) is 3.17. The van der Waals surface area contributed by atoms with E-state index in [1.165, 1.54) is 38.3 Å². The molecule has 0 radical (unpaired) electrons. The zero-order valence-electron chi connectivity index (χ0n) is 16.5. The van der Waals surface area contributed by atoms with Crippen LogP contribution in [0.4, 0.5) is 5.69 Å². The van der Waals surface area contributed by atoms with Gasteiger partial charge in [0, 0.05) is 18.7 Å². The van der Waals surface area contributed by atoms with E-state index in [1.54, 1.807) is 16.1 Å². The first-order valence-electron chi connectivity index (χ1n) is 9.90. The van der Waals surface area contributed by atoms with E-state index in [-0.39, 0.29) is 0 Å². The summed E-state index contributed by atoms with van der Waals surface area (Å²) in [5.41, 5.74) is 2.28. The Labute approximate surface area is 167 Å². The number of hydrogen-bond donors (Lipinski definition) is 3. The lowest BCUT2D eigenvalue weighted by atomic mass is 10.2. The van der Waals surface area contributed by atoms with Gasteiger partial charge in [0.15, 0.2) is 5.11 Å². The van der Waals surface area contributed by atoms with Gasteiger partial charge in [0.05, 0.1) is 26.4 Å². The highest BCUT2D eigenvalue weighted by atomic mass is 32.1. The van der Waals surface area contributed by atoms with Crippen LogP contribution in [0.5, 0.6) is 0 Å². The first-order valence-corrected chi connectivity index (χ1v) is 10.3. The summed E-state index contributed by atoms with van der Waals surface area (Å²) in [4.78, 5) is 5.59. The van der Waals surface area contributed by atoms with Crippen LogP contribution >= 0.6 is 12.2 Å². The molecule has 3 N–H and O–H groups in total. The van der Waals surface area contributed by atoms with E-state index in [0.717, 1.165) is 29.5 Å². The molecule has 2 aromatic rings. The van der Waals surface area contributed by atoms with E-state index < -0.39 is 0 Å². The van der Waals surface area contributed by atoms with Crippen LogP contribution in [0, 0.1) is 6.92 Å². The minimum Gasteiger partial charge on any atom is -0.467 e. The van der Waals surface area contributed by atoms with E-state index in [2.05, 4.69) is 48.5 Å². The van der Waals surface area contributed by atoms with E-state index in [9.17, 15) is 0 Å². The smallest absolute Gasteiger partial charge is 0.173 e. The number of hydrogen-bond acceptors (Lipinski definition) is 2. The van der Waals surface area contributed by atoms with Gasteiger partial charge in [-0.2, -0.15) is 0 Å². The number of nitrogens with zero attached hydrogens (tertiary/aromatic N) is 1. The van der Waals surface area contributed by atoms with Gasteiger partial charge >= 0.3 is 0 Å². The Bertz CT molecular complexity index is 693. The predicted octanol–water partition coefficient (Wildman–Crippen LogP) is 0.590. The van der Waals surface area contributed by atoms with Crippen molar-refractivity contribution in [3.8, 4) is 0 Å². The number of aryl methyl sites for hydroxylation is 1. The molecule has 0 unspecified atom stereocenters. The predicted molar refractivity (Wildman–Crippen MR) is 113 cm³/mol. The molecule has 1 aliphatic rings. The summed E-state index contributed by atoms with van der Waals surface area (Å²) in [7, 11) is 2.29. The van der Waals surface area contributed by atoms with Gasteiger partial charge in [-0.3, -0.25) is 0 Å². The van der Waals surface area contributed by atoms with Crippen molar-refractivity contribution >= 4 is 23.0 Å². The number of thiocarbonyl (C=S) groups is 1. The van der Waals surface area contributed by atoms with Crippen molar-refractivity contribution in [3.05, 3.63) is 54.0 Å². The zero-order chi connectivity index (χ0) is 19.1. The topological polar surface area (TPSA) is 37.3 Å². The van der Waals surface area contributed by atoms with Gasteiger partial charge in [-0.05, 0) is 43.4 Å². The molecule has 146 valence electrons. The van der Waals surface area contributed by atoms with Gasteiger partial charge in [0.2, 0.25) is 0 Å². The van der Waals surface area contributed by atoms with Crippen molar-refractivity contribution in [1.82, 2.24) is 4.90 Å². The minimum absolute atomic E-state index is 0.701. The van der Waals surface area contributed by atoms with Crippen LogP contribution in [0.15, 0.2) is 47.1 Å². The highest BCUT2D eigenvalue weighted by molar-refractivity contribution is 7.80. The van der Waals surface area contributed by atoms with Crippen molar-refractivity contribution in [2.75, 3.05) is 51.6 Å². The van der Waals surface area contributed by atoms with Crippen molar-refractivity contribution < 1.29 is 14.2 Å². The molecule has 6 heteroatoms. The SMILES string of the molecule is Cc1ccc(NC(=S)N(CCC[NH+]2CC[NH+](C)CC2)Cc2ccco2)cc1. The molecule has 1 aromatic heterocycles. The molecule has 2 heterocycles. The van der Waals surface area contributed by atoms with Crippen LogP contribution < -0.4 is 15.1 Å². The molecule has 0 amide bonds. The van der Waals surface area contributed by atoms with Crippen LogP contribution in [0.1, 0.15) is 17.7 Å². The lowest BCUT2D eigenvalue weighted by Gasteiger charge is -2.29. The van der Waals surface area contributed by atoms with Crippen molar-refractivity contribution in [3.63, 3.8) is 0 Å². The molecular weight excluding hydrogens is 356 g/mol. The Morgan fingerprint density at radius 2 is 1.89 bits per heavy atom. The quantitative estimate of drug-likeness (QED) is 0.607. The molecule has 5 nitrogen and oxygen atoms in total. The maximum atomic E-state index is 5.71. The van der Waals surface area contributed by atoms with Crippen molar-refractivity contribution in [1.29, 1.82) is 0 Å². The summed E-state index contributed by atoms with van der Waals surface area (Å²) in [5, 5.41) is 4.14. The molecule has 3 rings (SSSR count). The lowest BCUT2D eigenvalue weighted by molar-refractivity contribution is -1.00. The number of piperazine rings is 1. The first-order chi connectivity index (χ1) is 13.1. The van der Waals surface area contributed by atoms with Crippen LogP contribution in [0.25, 0.3) is 0 Å². The van der Waals surface area contributed by atoms with Gasteiger partial charge < -0.3 is 24.4 Å². The summed E-state index contributed by atoms with van der Waals surface area (Å²) in [6.07, 6.45) is 2.85. The second-order valence-electron chi connectivity index (χ2n) is 7.61. The van der Waals surface area contributed by atoms with Crippen LogP contribution in [-0.2, 0) is 6.54 Å². The maximum absolute atomic E-state index is 5.71. The normalized spacial score (nSPS) is 19.6. The monoisotopic (exact) mass is 388 g/mol. The highest BCUT2D eigenvalue weighted by Gasteiger charge is 2.20. The number of nitrogens with one attached hydrogen (secondary N) is 3. The molecule has 0 bridgehead atoms. The summed E-state index contributed by atoms with van der Waals surface area (Å²) >= 11 is 5.71. The first kappa shape index (κ1) is 19.9. The fourth-order valence-electron chi connectivity index (χ4n) is 3.48. The Morgan fingerprint density at radius 3 is 2.56 bits per heavy atom. The van der Waals surface area contributed by atoms with Crippen LogP contribution in [0.3, 0.4) is 0 Å². The molecule has 27 heavy (non-hydrogen) atoms. The van der Waals surface area contributed by atoms with Crippen LogP contribution in [0.2, 0.25) is 0 Å². The molecular formula is C21H32N4OS+2. The standard InChI is InChI=1S/C21H30N4OS/c1-18-6-8-19(9-7-18)22-21(27)25(17-20-5-3-16-26-20)11-4-10-24-14-12-23(2)13-15-24/h3,5-9,16H,4,10-15,17H2,1-2H3,(H,22,27)/p+2. The number of anilines is 1. The van der Waals surface area contributed by atoms with Gasteiger partial charge in [-0.25, -0.2) is 0 Å². The van der Waals surface area contributed by atoms with Gasteiger partial charge in [-0.15, -0.1) is 0 Å². The summed E-state index contributed by atoms with van der Waals surface area (Å²) in [5.74, 6) is 0.943. The van der Waals surface area contributed by atoms with E-state index >= 15 is 0 Å². The summed E-state index contributed by atoms with van der Waals surface area (Å²) in [6.45, 7) is 10.0. The Kier molecular flexibility index (Phi) is 7.26. The summed E-state index contributed by atoms with van der Waals surface area (Å²) < 4.78 is 5.55. The lowest BCUT2D eigenvalue weighted by Crippen LogP contribution is -3.27. The fourth-order valence-corrected chi connectivity index (χ4v) is 3.76. The Hall–Kier alpha value is -1.89. The van der Waals surface area contributed by atoms with E-state index in [1.807, 2.05) is 12.1 Å². The number of benzene rings is 1. The molecule has 0 saturated carbocycles. The second-order valence-corrected chi connectivity index (χ2v) is 7.99. The largest absolute Gasteiger partial charge is 0.467 e. The zero-order valence-corrected chi connectivity index (χ0v) is 17.3. The number of rotatable bonds is 7. The number of quaternary nitrogens is 2. The fraction of sp³-hybridized carbons (Fsp3) is 0.476. The minimum atomic E-state index is 0.701. The molecule has 1 saturated heterocycles. The molecule has 1 aromatic carbocycles. The van der Waals surface area contributed by atoms with Crippen LogP contribution in [-0.4, -0.2) is 56.3 Å². The Balaban J connectivity index is 1.54. The van der Waals surface area contributed by atoms with E-state index in [4.69, 9.17) is 16.6 Å². The van der Waals surface area contributed by atoms with Gasteiger partial charge in [-0.1, -0.05) is 17.7 Å². The second kappa shape index (κ2) is 9.88. The third-order valence-electron chi connectivity index (χ3n) is 5.29. The summed E-state index contributed by atoms with van der Waals surface area (Å²) in [6, 6.07) is 12.3. The molecule has 1 fully saturated rings. The molecule has 0 spiro atoms. The third-order valence-corrected chi connectivity index (χ3v) is 5.65. The van der Waals surface area contributed by atoms with Crippen molar-refractivity contribution in [2.24, 2.45) is 0 Å². The van der Waals surface area contributed by atoms with Gasteiger partial charge in [0.25, 0.3) is 0 Å². The van der Waals surface area contributed by atoms with E-state index in [0.29, 0.717) is 6.54 Å². The molecule has 0 aliphatic carbocycles. The maximum Gasteiger partial charge on any atom is 0.173 e. The van der Waals surface area contributed by atoms with Gasteiger partial charge in [0.1, 0.15) is 31.9 Å². The number of furan rings is 1. The molecule has 1 aliphatic heterocycles. The highest BCUT2D eigenvalue weighted by Crippen LogP contribution is 2.12. The average molecular weight is 389 g/mol. The Morgan fingerprint density at radius 1 is 1.15 bits per heavy atom. The van der Waals surface area contributed by atoms with Crippen molar-refractivity contribution in [2.45, 2.75) is 19.9 Å².